The number of anilines is 1. The third-order valence-electron chi connectivity index (χ3n) is 5.73. The summed E-state index contributed by atoms with van der Waals surface area (Å²) < 4.78 is 7.21. The number of carbonyl (C=O) groups excluding carboxylic acids is 1. The van der Waals surface area contributed by atoms with Gasteiger partial charge in [-0.3, -0.25) is 9.59 Å². The number of hydrogen-bond acceptors (Lipinski definition) is 3. The van der Waals surface area contributed by atoms with Gasteiger partial charge in [-0.05, 0) is 56.4 Å². The number of amides is 1. The number of benzene rings is 2. The average molecular weight is 405 g/mol. The molecule has 30 heavy (non-hydrogen) atoms. The second-order valence-electron chi connectivity index (χ2n) is 8.32. The zero-order valence-corrected chi connectivity index (χ0v) is 17.6. The van der Waals surface area contributed by atoms with Crippen molar-refractivity contribution in [3.8, 4) is 0 Å². The van der Waals surface area contributed by atoms with Crippen LogP contribution in [-0.2, 0) is 22.5 Å². The third kappa shape index (κ3) is 4.62. The number of aromatic nitrogens is 1. The van der Waals surface area contributed by atoms with Crippen LogP contribution in [0.5, 0.6) is 0 Å². The Hall–Kier alpha value is -2.92. The number of carbonyl (C=O) groups is 1. The Kier molecular flexibility index (Phi) is 6.00. The summed E-state index contributed by atoms with van der Waals surface area (Å²) >= 11 is 0. The lowest BCUT2D eigenvalue weighted by Crippen LogP contribution is -2.27. The summed E-state index contributed by atoms with van der Waals surface area (Å²) in [7, 11) is 0. The lowest BCUT2D eigenvalue weighted by molar-refractivity contribution is -0.115. The van der Waals surface area contributed by atoms with Crippen LogP contribution >= 0.6 is 0 Å². The molecule has 1 aliphatic heterocycles. The molecule has 0 bridgehead atoms. The number of nitrogens with one attached hydrogen (secondary N) is 1. The molecular formula is C25H28N2O3. The monoisotopic (exact) mass is 404 g/mol. The van der Waals surface area contributed by atoms with E-state index in [0.717, 1.165) is 48.1 Å². The molecule has 1 amide bonds. The van der Waals surface area contributed by atoms with Crippen molar-refractivity contribution < 1.29 is 9.53 Å². The van der Waals surface area contributed by atoms with Crippen LogP contribution < -0.4 is 10.9 Å². The van der Waals surface area contributed by atoms with Crippen LogP contribution in [0.15, 0.2) is 53.5 Å². The summed E-state index contributed by atoms with van der Waals surface area (Å²) in [5.74, 6) is 0.383. The molecule has 1 aromatic heterocycles. The first-order valence-corrected chi connectivity index (χ1v) is 10.6. The van der Waals surface area contributed by atoms with Gasteiger partial charge in [-0.1, -0.05) is 35.4 Å². The molecule has 0 radical (unpaired) electrons. The van der Waals surface area contributed by atoms with E-state index in [4.69, 9.17) is 4.74 Å². The van der Waals surface area contributed by atoms with Crippen molar-refractivity contribution in [1.29, 1.82) is 0 Å². The van der Waals surface area contributed by atoms with Gasteiger partial charge < -0.3 is 14.6 Å². The van der Waals surface area contributed by atoms with Crippen molar-refractivity contribution in [2.24, 2.45) is 5.92 Å². The van der Waals surface area contributed by atoms with Crippen LogP contribution in [0.2, 0.25) is 0 Å². The molecule has 5 nitrogen and oxygen atoms in total. The average Bonchev–Trinajstić information content (AvgIpc) is 2.70. The van der Waals surface area contributed by atoms with Gasteiger partial charge in [-0.15, -0.1) is 0 Å². The number of aryl methyl sites for hydroxylation is 2. The molecule has 156 valence electrons. The number of ether oxygens (including phenoxy) is 1. The third-order valence-corrected chi connectivity index (χ3v) is 5.73. The molecule has 4 rings (SSSR count). The molecule has 2 aromatic carbocycles. The number of nitrogens with zero attached hydrogens (tertiary/aromatic N) is 1. The first-order chi connectivity index (χ1) is 14.5. The zero-order chi connectivity index (χ0) is 21.1. The molecular weight excluding hydrogens is 376 g/mol. The fourth-order valence-corrected chi connectivity index (χ4v) is 4.33. The van der Waals surface area contributed by atoms with Gasteiger partial charge in [0.05, 0.1) is 6.42 Å². The van der Waals surface area contributed by atoms with Crippen molar-refractivity contribution in [3.05, 3.63) is 75.7 Å². The van der Waals surface area contributed by atoms with E-state index >= 15 is 0 Å². The Balaban J connectivity index is 1.55. The molecule has 0 spiro atoms. The first-order valence-electron chi connectivity index (χ1n) is 10.6. The predicted molar refractivity (Wildman–Crippen MR) is 120 cm³/mol. The van der Waals surface area contributed by atoms with Gasteiger partial charge >= 0.3 is 0 Å². The fourth-order valence-electron chi connectivity index (χ4n) is 4.33. The van der Waals surface area contributed by atoms with E-state index in [-0.39, 0.29) is 11.5 Å². The van der Waals surface area contributed by atoms with E-state index in [1.807, 2.05) is 56.4 Å². The molecule has 0 saturated carbocycles. The van der Waals surface area contributed by atoms with Gasteiger partial charge in [0, 0.05) is 42.4 Å². The Morgan fingerprint density at radius 2 is 1.80 bits per heavy atom. The minimum Gasteiger partial charge on any atom is -0.381 e. The lowest BCUT2D eigenvalue weighted by Gasteiger charge is -2.23. The maximum Gasteiger partial charge on any atom is 0.258 e. The molecule has 5 heteroatoms. The van der Waals surface area contributed by atoms with Crippen LogP contribution in [0.3, 0.4) is 0 Å². The van der Waals surface area contributed by atoms with E-state index in [1.165, 1.54) is 0 Å². The van der Waals surface area contributed by atoms with Gasteiger partial charge in [0.25, 0.3) is 5.56 Å². The highest BCUT2D eigenvalue weighted by molar-refractivity contribution is 6.02. The van der Waals surface area contributed by atoms with E-state index < -0.39 is 0 Å². The SMILES string of the molecule is Cc1cc(C)cc(CC(=O)Nc2cccc3c(=O)n(CC4CCOCC4)ccc23)c1. The molecule has 0 unspecified atom stereocenters. The summed E-state index contributed by atoms with van der Waals surface area (Å²) in [6, 6.07) is 13.6. The maximum absolute atomic E-state index is 13.0. The number of hydrogen-bond donors (Lipinski definition) is 1. The zero-order valence-electron chi connectivity index (χ0n) is 17.6. The van der Waals surface area contributed by atoms with E-state index in [2.05, 4.69) is 11.4 Å². The molecule has 0 aliphatic carbocycles. The number of pyridine rings is 1. The Labute approximate surface area is 176 Å². The standard InChI is InChI=1S/C25H28N2O3/c1-17-12-18(2)14-20(13-17)15-24(28)26-23-5-3-4-22-21(23)6-9-27(25(22)29)16-19-7-10-30-11-8-19/h3-6,9,12-14,19H,7-8,10-11,15-16H2,1-2H3,(H,26,28). The Morgan fingerprint density at radius 1 is 1.07 bits per heavy atom. The molecule has 2 heterocycles. The molecule has 1 saturated heterocycles. The van der Waals surface area contributed by atoms with Crippen molar-refractivity contribution in [2.45, 2.75) is 39.7 Å². The quantitative estimate of drug-likeness (QED) is 0.692. The van der Waals surface area contributed by atoms with Crippen molar-refractivity contribution in [3.63, 3.8) is 0 Å². The highest BCUT2D eigenvalue weighted by Gasteiger charge is 2.16. The fraction of sp³-hybridized carbons (Fsp3) is 0.360. The van der Waals surface area contributed by atoms with Crippen LogP contribution in [0, 0.1) is 19.8 Å². The van der Waals surface area contributed by atoms with Crippen LogP contribution in [0.4, 0.5) is 5.69 Å². The molecule has 1 fully saturated rings. The normalized spacial score (nSPS) is 14.7. The van der Waals surface area contributed by atoms with Gasteiger partial charge in [0.1, 0.15) is 0 Å². The summed E-state index contributed by atoms with van der Waals surface area (Å²) in [6.07, 6.45) is 4.12. The minimum absolute atomic E-state index is 0.00982. The Bertz CT molecular complexity index is 1110. The first kappa shape index (κ1) is 20.4. The second-order valence-corrected chi connectivity index (χ2v) is 8.32. The smallest absolute Gasteiger partial charge is 0.258 e. The van der Waals surface area contributed by atoms with Gasteiger partial charge in [-0.2, -0.15) is 0 Å². The van der Waals surface area contributed by atoms with Crippen molar-refractivity contribution in [2.75, 3.05) is 18.5 Å². The largest absolute Gasteiger partial charge is 0.381 e. The van der Waals surface area contributed by atoms with Gasteiger partial charge in [0.2, 0.25) is 5.91 Å². The van der Waals surface area contributed by atoms with E-state index in [9.17, 15) is 9.59 Å². The maximum atomic E-state index is 13.0. The van der Waals surface area contributed by atoms with E-state index in [0.29, 0.717) is 30.0 Å². The summed E-state index contributed by atoms with van der Waals surface area (Å²) in [5, 5.41) is 4.41. The van der Waals surface area contributed by atoms with Crippen LogP contribution in [0.25, 0.3) is 10.8 Å². The summed E-state index contributed by atoms with van der Waals surface area (Å²) in [4.78, 5) is 25.7. The second kappa shape index (κ2) is 8.84. The van der Waals surface area contributed by atoms with Gasteiger partial charge in [-0.25, -0.2) is 0 Å². The van der Waals surface area contributed by atoms with Crippen molar-refractivity contribution in [1.82, 2.24) is 4.57 Å². The van der Waals surface area contributed by atoms with Crippen molar-refractivity contribution >= 4 is 22.4 Å². The lowest BCUT2D eigenvalue weighted by atomic mass is 10.00. The summed E-state index contributed by atoms with van der Waals surface area (Å²) in [5.41, 5.74) is 3.95. The predicted octanol–water partition coefficient (Wildman–Crippen LogP) is 4.23. The Morgan fingerprint density at radius 3 is 2.53 bits per heavy atom. The number of rotatable bonds is 5. The minimum atomic E-state index is -0.0844. The highest BCUT2D eigenvalue weighted by atomic mass is 16.5. The summed E-state index contributed by atoms with van der Waals surface area (Å²) in [6.45, 7) is 6.31. The topological polar surface area (TPSA) is 60.3 Å². The van der Waals surface area contributed by atoms with E-state index in [1.54, 1.807) is 4.57 Å². The molecule has 1 N–H and O–H groups in total. The van der Waals surface area contributed by atoms with Gasteiger partial charge in [0.15, 0.2) is 0 Å². The molecule has 1 aliphatic rings. The molecule has 0 atom stereocenters. The van der Waals surface area contributed by atoms with Crippen LogP contribution in [0.1, 0.15) is 29.5 Å². The number of fused-ring (bicyclic) bond motifs is 1. The highest BCUT2D eigenvalue weighted by Crippen LogP contribution is 2.22. The molecule has 3 aromatic rings. The van der Waals surface area contributed by atoms with Crippen LogP contribution in [-0.4, -0.2) is 23.7 Å².